The van der Waals surface area contributed by atoms with Crippen LogP contribution in [0.3, 0.4) is 0 Å². The normalized spacial score (nSPS) is 40.9. The number of rotatable bonds is 2. The van der Waals surface area contributed by atoms with Gasteiger partial charge in [0.05, 0.1) is 24.9 Å². The van der Waals surface area contributed by atoms with Crippen molar-refractivity contribution in [2.75, 3.05) is 6.61 Å². The molecule has 6 heteroatoms. The van der Waals surface area contributed by atoms with Crippen LogP contribution >= 0.6 is 0 Å². The Labute approximate surface area is 69.4 Å². The van der Waals surface area contributed by atoms with Gasteiger partial charge in [0.1, 0.15) is 6.10 Å². The van der Waals surface area contributed by atoms with Crippen LogP contribution in [0.4, 0.5) is 0 Å². The molecule has 1 aliphatic rings. The zero-order valence-electron chi connectivity index (χ0n) is 6.66. The molecule has 0 aliphatic carbocycles. The first-order chi connectivity index (χ1) is 5.70. The van der Waals surface area contributed by atoms with Crippen molar-refractivity contribution in [3.05, 3.63) is 10.4 Å². The molecule has 68 valence electrons. The lowest BCUT2D eigenvalue weighted by Crippen LogP contribution is -2.31. The summed E-state index contributed by atoms with van der Waals surface area (Å²) in [6, 6.07) is -0.591. The van der Waals surface area contributed by atoms with Crippen LogP contribution in [0, 0.1) is 0 Å². The number of aliphatic hydroxyl groups excluding tert-OH is 2. The van der Waals surface area contributed by atoms with Gasteiger partial charge >= 0.3 is 0 Å². The standard InChI is InChI=1S/C6H11N3O3/c1-3-5(8-9-7)6(11)4(2-10)12-3/h3-6,10-11H,2H2,1H3/t3-,4+,5-,6+/m0/s1. The SMILES string of the molecule is C[C@@H]1O[C@H](CO)[C@@H](O)[C@H]1N=[N+]=[N-]. The van der Waals surface area contributed by atoms with Gasteiger partial charge in [-0.05, 0) is 12.5 Å². The van der Waals surface area contributed by atoms with Crippen LogP contribution in [0.1, 0.15) is 6.92 Å². The molecule has 1 fully saturated rings. The van der Waals surface area contributed by atoms with Gasteiger partial charge in [-0.2, -0.15) is 0 Å². The third-order valence-corrected chi connectivity index (χ3v) is 1.97. The molecule has 0 aromatic carbocycles. The van der Waals surface area contributed by atoms with Gasteiger partial charge in [0.15, 0.2) is 0 Å². The highest BCUT2D eigenvalue weighted by atomic mass is 16.5. The Hall–Kier alpha value is -0.810. The maximum absolute atomic E-state index is 9.40. The first-order valence-corrected chi connectivity index (χ1v) is 3.69. The molecule has 4 atom stereocenters. The van der Waals surface area contributed by atoms with Gasteiger partial charge in [-0.15, -0.1) is 0 Å². The van der Waals surface area contributed by atoms with Crippen LogP contribution in [0.25, 0.3) is 10.4 Å². The Balaban J connectivity index is 2.69. The lowest BCUT2D eigenvalue weighted by molar-refractivity contribution is -0.0170. The molecular weight excluding hydrogens is 162 g/mol. The lowest BCUT2D eigenvalue weighted by atomic mass is 10.1. The van der Waals surface area contributed by atoms with Crippen LogP contribution in [-0.2, 0) is 4.74 Å². The highest BCUT2D eigenvalue weighted by Gasteiger charge is 2.40. The Kier molecular flexibility index (Phi) is 2.88. The minimum absolute atomic E-state index is 0.261. The van der Waals surface area contributed by atoms with E-state index in [1.54, 1.807) is 6.92 Å². The van der Waals surface area contributed by atoms with Crippen molar-refractivity contribution in [1.82, 2.24) is 0 Å². The van der Waals surface area contributed by atoms with E-state index in [0.29, 0.717) is 0 Å². The van der Waals surface area contributed by atoms with E-state index in [9.17, 15) is 5.11 Å². The number of aliphatic hydroxyl groups is 2. The molecule has 1 rings (SSSR count). The fourth-order valence-corrected chi connectivity index (χ4v) is 1.31. The molecule has 0 bridgehead atoms. The number of ether oxygens (including phenoxy) is 1. The van der Waals surface area contributed by atoms with E-state index in [0.717, 1.165) is 0 Å². The van der Waals surface area contributed by atoms with Crippen LogP contribution in [-0.4, -0.2) is 41.2 Å². The van der Waals surface area contributed by atoms with Crippen LogP contribution in [0.2, 0.25) is 0 Å². The van der Waals surface area contributed by atoms with E-state index >= 15 is 0 Å². The summed E-state index contributed by atoms with van der Waals surface area (Å²) in [6.07, 6.45) is -1.87. The van der Waals surface area contributed by atoms with Crippen molar-refractivity contribution in [1.29, 1.82) is 0 Å². The first-order valence-electron chi connectivity index (χ1n) is 3.69. The maximum Gasteiger partial charge on any atom is 0.107 e. The summed E-state index contributed by atoms with van der Waals surface area (Å²) in [7, 11) is 0. The molecule has 1 heterocycles. The van der Waals surface area contributed by atoms with Gasteiger partial charge < -0.3 is 14.9 Å². The van der Waals surface area contributed by atoms with Gasteiger partial charge in [-0.3, -0.25) is 0 Å². The molecule has 0 aromatic heterocycles. The Morgan fingerprint density at radius 1 is 1.67 bits per heavy atom. The quantitative estimate of drug-likeness (QED) is 0.344. The van der Waals surface area contributed by atoms with Crippen molar-refractivity contribution in [3.8, 4) is 0 Å². The van der Waals surface area contributed by atoms with Crippen molar-refractivity contribution in [3.63, 3.8) is 0 Å². The molecule has 0 aromatic rings. The van der Waals surface area contributed by atoms with Gasteiger partial charge in [0.25, 0.3) is 0 Å². The van der Waals surface area contributed by atoms with Crippen molar-refractivity contribution < 1.29 is 14.9 Å². The van der Waals surface area contributed by atoms with E-state index in [4.69, 9.17) is 15.4 Å². The zero-order valence-corrected chi connectivity index (χ0v) is 6.66. The molecule has 0 radical (unpaired) electrons. The summed E-state index contributed by atoms with van der Waals surface area (Å²) in [4.78, 5) is 2.59. The van der Waals surface area contributed by atoms with Crippen LogP contribution in [0.5, 0.6) is 0 Å². The molecule has 2 N–H and O–H groups in total. The topological polar surface area (TPSA) is 98.5 Å². The van der Waals surface area contributed by atoms with Crippen molar-refractivity contribution in [2.45, 2.75) is 31.3 Å². The molecule has 12 heavy (non-hydrogen) atoms. The monoisotopic (exact) mass is 173 g/mol. The summed E-state index contributed by atoms with van der Waals surface area (Å²) in [5.41, 5.74) is 8.15. The van der Waals surface area contributed by atoms with Crippen molar-refractivity contribution >= 4 is 0 Å². The Morgan fingerprint density at radius 3 is 2.75 bits per heavy atom. The minimum Gasteiger partial charge on any atom is -0.394 e. The molecule has 1 saturated heterocycles. The molecular formula is C6H11N3O3. The second-order valence-electron chi connectivity index (χ2n) is 2.75. The van der Waals surface area contributed by atoms with Gasteiger partial charge in [0.2, 0.25) is 0 Å². The molecule has 0 amide bonds. The van der Waals surface area contributed by atoms with E-state index in [1.807, 2.05) is 0 Å². The number of azide groups is 1. The largest absolute Gasteiger partial charge is 0.394 e. The van der Waals surface area contributed by atoms with Crippen molar-refractivity contribution in [2.24, 2.45) is 5.11 Å². The minimum atomic E-state index is -0.902. The molecule has 0 unspecified atom stereocenters. The number of hydrogen-bond donors (Lipinski definition) is 2. The third-order valence-electron chi connectivity index (χ3n) is 1.97. The summed E-state index contributed by atoms with van der Waals surface area (Å²) in [5, 5.41) is 21.5. The summed E-state index contributed by atoms with van der Waals surface area (Å²) >= 11 is 0. The highest BCUT2D eigenvalue weighted by Crippen LogP contribution is 2.23. The van der Waals surface area contributed by atoms with E-state index in [1.165, 1.54) is 0 Å². The predicted molar refractivity (Wildman–Crippen MR) is 40.4 cm³/mol. The van der Waals surface area contributed by atoms with E-state index in [-0.39, 0.29) is 12.7 Å². The first kappa shape index (κ1) is 9.28. The smallest absolute Gasteiger partial charge is 0.107 e. The second-order valence-corrected chi connectivity index (χ2v) is 2.75. The summed E-state index contributed by atoms with van der Waals surface area (Å²) in [5.74, 6) is 0. The Morgan fingerprint density at radius 2 is 2.33 bits per heavy atom. The second kappa shape index (κ2) is 3.73. The van der Waals surface area contributed by atoms with Crippen LogP contribution in [0.15, 0.2) is 5.11 Å². The average molecular weight is 173 g/mol. The third kappa shape index (κ3) is 1.51. The van der Waals surface area contributed by atoms with E-state index in [2.05, 4.69) is 10.0 Å². The predicted octanol–water partition coefficient (Wildman–Crippen LogP) is -0.194. The molecule has 0 spiro atoms. The highest BCUT2D eigenvalue weighted by molar-refractivity contribution is 4.93. The van der Waals surface area contributed by atoms with Gasteiger partial charge in [-0.1, -0.05) is 5.11 Å². The summed E-state index contributed by atoms with van der Waals surface area (Å²) < 4.78 is 5.12. The lowest BCUT2D eigenvalue weighted by Gasteiger charge is -2.10. The maximum atomic E-state index is 9.40. The number of nitrogens with zero attached hydrogens (tertiary/aromatic N) is 3. The molecule has 6 nitrogen and oxygen atoms in total. The average Bonchev–Trinajstić information content (AvgIpc) is 2.32. The fraction of sp³-hybridized carbons (Fsp3) is 1.00. The zero-order chi connectivity index (χ0) is 9.14. The molecule has 0 saturated carbocycles. The number of hydrogen-bond acceptors (Lipinski definition) is 4. The Bertz CT molecular complexity index is 204. The molecule has 1 aliphatic heterocycles. The van der Waals surface area contributed by atoms with Crippen LogP contribution < -0.4 is 0 Å². The summed E-state index contributed by atoms with van der Waals surface area (Å²) in [6.45, 7) is 1.43. The fourth-order valence-electron chi connectivity index (χ4n) is 1.31. The van der Waals surface area contributed by atoms with Gasteiger partial charge in [0, 0.05) is 4.91 Å². The van der Waals surface area contributed by atoms with Gasteiger partial charge in [-0.25, -0.2) is 0 Å². The van der Waals surface area contributed by atoms with E-state index < -0.39 is 18.2 Å².